The molecule has 0 aliphatic heterocycles. The van der Waals surface area contributed by atoms with Gasteiger partial charge < -0.3 is 16.2 Å². The Hall–Kier alpha value is -0.900. The van der Waals surface area contributed by atoms with Gasteiger partial charge in [0.15, 0.2) is 0 Å². The first kappa shape index (κ1) is 14.2. The Bertz CT molecular complexity index is 321. The molecule has 0 fully saturated rings. The highest BCUT2D eigenvalue weighted by molar-refractivity contribution is 5.26. The number of nitrogens with two attached hydrogens (primary N) is 1. The molecule has 0 heterocycles. The minimum Gasteiger partial charge on any atom is -0.390 e. The van der Waals surface area contributed by atoms with Crippen LogP contribution < -0.4 is 11.1 Å². The Morgan fingerprint density at radius 3 is 2.24 bits per heavy atom. The van der Waals surface area contributed by atoms with Gasteiger partial charge in [0.05, 0.1) is 12.1 Å². The molecule has 0 aliphatic rings. The Morgan fingerprint density at radius 2 is 1.82 bits per heavy atom. The van der Waals surface area contributed by atoms with Gasteiger partial charge in [-0.1, -0.05) is 38.1 Å². The molecular weight excluding hydrogens is 212 g/mol. The third kappa shape index (κ3) is 4.11. The minimum atomic E-state index is -0.545. The van der Waals surface area contributed by atoms with E-state index in [0.29, 0.717) is 5.92 Å². The van der Waals surface area contributed by atoms with Crippen LogP contribution in [0.2, 0.25) is 0 Å². The fourth-order valence-electron chi connectivity index (χ4n) is 2.05. The van der Waals surface area contributed by atoms with Crippen molar-refractivity contribution >= 4 is 0 Å². The zero-order valence-electron chi connectivity index (χ0n) is 11.0. The van der Waals surface area contributed by atoms with Crippen molar-refractivity contribution in [2.24, 2.45) is 11.7 Å². The van der Waals surface area contributed by atoms with Gasteiger partial charge in [-0.2, -0.15) is 0 Å². The third-order valence-electron chi connectivity index (χ3n) is 2.92. The molecule has 0 saturated heterocycles. The zero-order valence-corrected chi connectivity index (χ0v) is 11.0. The molecule has 17 heavy (non-hydrogen) atoms. The van der Waals surface area contributed by atoms with E-state index in [-0.39, 0.29) is 12.6 Å². The summed E-state index contributed by atoms with van der Waals surface area (Å²) in [5, 5.41) is 12.9. The maximum Gasteiger partial charge on any atom is 0.0856 e. The molecule has 0 radical (unpaired) electrons. The van der Waals surface area contributed by atoms with Crippen LogP contribution in [0.4, 0.5) is 0 Å². The lowest BCUT2D eigenvalue weighted by atomic mass is 9.97. The van der Waals surface area contributed by atoms with Crippen molar-refractivity contribution in [3.63, 3.8) is 0 Å². The summed E-state index contributed by atoms with van der Waals surface area (Å²) in [7, 11) is 1.84. The molecule has 96 valence electrons. The molecule has 0 bridgehead atoms. The van der Waals surface area contributed by atoms with Gasteiger partial charge in [-0.05, 0) is 30.5 Å². The first-order valence-electron chi connectivity index (χ1n) is 6.22. The first-order chi connectivity index (χ1) is 8.08. The Balaban J connectivity index is 2.77. The molecule has 1 aromatic rings. The molecule has 0 amide bonds. The van der Waals surface area contributed by atoms with Crippen LogP contribution in [0.5, 0.6) is 0 Å². The molecule has 3 heteroatoms. The standard InChI is InChI=1S/C14H24N2O/c1-10(2)8-11-4-6-12(7-5-11)14(16-3)13(17)9-15/h4-7,10,13-14,16-17H,8-9,15H2,1-3H3. The number of aliphatic hydroxyl groups is 1. The van der Waals surface area contributed by atoms with Gasteiger partial charge in [0.25, 0.3) is 0 Å². The number of hydrogen-bond donors (Lipinski definition) is 3. The van der Waals surface area contributed by atoms with Crippen LogP contribution in [0.3, 0.4) is 0 Å². The van der Waals surface area contributed by atoms with Crippen molar-refractivity contribution in [3.8, 4) is 0 Å². The molecule has 2 unspecified atom stereocenters. The number of aliphatic hydroxyl groups excluding tert-OH is 1. The number of likely N-dealkylation sites (N-methyl/N-ethyl adjacent to an activating group) is 1. The summed E-state index contributed by atoms with van der Waals surface area (Å²) >= 11 is 0. The fraction of sp³-hybridized carbons (Fsp3) is 0.571. The van der Waals surface area contributed by atoms with Crippen LogP contribution in [0.25, 0.3) is 0 Å². The van der Waals surface area contributed by atoms with Crippen LogP contribution in [0, 0.1) is 5.92 Å². The van der Waals surface area contributed by atoms with E-state index in [1.807, 2.05) is 7.05 Å². The second-order valence-electron chi connectivity index (χ2n) is 4.91. The van der Waals surface area contributed by atoms with Crippen molar-refractivity contribution in [1.29, 1.82) is 0 Å². The normalized spacial score (nSPS) is 14.9. The molecule has 0 aliphatic carbocycles. The largest absolute Gasteiger partial charge is 0.390 e. The van der Waals surface area contributed by atoms with Crippen LogP contribution in [0.1, 0.15) is 31.0 Å². The lowest BCUT2D eigenvalue weighted by molar-refractivity contribution is 0.139. The van der Waals surface area contributed by atoms with Crippen molar-refractivity contribution in [1.82, 2.24) is 5.32 Å². The average molecular weight is 236 g/mol. The lowest BCUT2D eigenvalue weighted by Crippen LogP contribution is -2.34. The first-order valence-corrected chi connectivity index (χ1v) is 6.22. The summed E-state index contributed by atoms with van der Waals surface area (Å²) in [6.07, 6.45) is 0.542. The van der Waals surface area contributed by atoms with Gasteiger partial charge in [-0.15, -0.1) is 0 Å². The molecule has 2 atom stereocenters. The molecule has 3 nitrogen and oxygen atoms in total. The molecule has 0 aromatic heterocycles. The third-order valence-corrected chi connectivity index (χ3v) is 2.92. The van der Waals surface area contributed by atoms with Gasteiger partial charge in [-0.25, -0.2) is 0 Å². The van der Waals surface area contributed by atoms with E-state index < -0.39 is 6.10 Å². The summed E-state index contributed by atoms with van der Waals surface area (Å²) in [6.45, 7) is 4.68. The second-order valence-corrected chi connectivity index (χ2v) is 4.91. The smallest absolute Gasteiger partial charge is 0.0856 e. The monoisotopic (exact) mass is 236 g/mol. The van der Waals surface area contributed by atoms with Crippen molar-refractivity contribution in [3.05, 3.63) is 35.4 Å². The molecule has 4 N–H and O–H groups in total. The second kappa shape index (κ2) is 6.74. The van der Waals surface area contributed by atoms with Crippen molar-refractivity contribution in [2.45, 2.75) is 32.4 Å². The summed E-state index contributed by atoms with van der Waals surface area (Å²) in [6, 6.07) is 8.30. The molecular formula is C14H24N2O. The quantitative estimate of drug-likeness (QED) is 0.701. The van der Waals surface area contributed by atoms with Gasteiger partial charge in [0.2, 0.25) is 0 Å². The molecule has 1 rings (SSSR count). The highest BCUT2D eigenvalue weighted by Gasteiger charge is 2.17. The van der Waals surface area contributed by atoms with Crippen molar-refractivity contribution < 1.29 is 5.11 Å². The predicted octanol–water partition coefficient (Wildman–Crippen LogP) is 1.47. The molecule has 1 aromatic carbocycles. The Labute approximate surface area is 104 Å². The van der Waals surface area contributed by atoms with Crippen LogP contribution in [-0.2, 0) is 6.42 Å². The van der Waals surface area contributed by atoms with E-state index in [1.165, 1.54) is 5.56 Å². The van der Waals surface area contributed by atoms with Crippen LogP contribution in [-0.4, -0.2) is 24.8 Å². The van der Waals surface area contributed by atoms with Crippen LogP contribution in [0.15, 0.2) is 24.3 Å². The van der Waals surface area contributed by atoms with Crippen LogP contribution >= 0.6 is 0 Å². The molecule has 0 saturated carbocycles. The number of benzene rings is 1. The topological polar surface area (TPSA) is 58.3 Å². The zero-order chi connectivity index (χ0) is 12.8. The van der Waals surface area contributed by atoms with E-state index in [4.69, 9.17) is 5.73 Å². The van der Waals surface area contributed by atoms with E-state index in [0.717, 1.165) is 12.0 Å². The predicted molar refractivity (Wildman–Crippen MR) is 71.8 cm³/mol. The van der Waals surface area contributed by atoms with Gasteiger partial charge in [0, 0.05) is 6.54 Å². The summed E-state index contributed by atoms with van der Waals surface area (Å²) in [4.78, 5) is 0. The number of nitrogens with one attached hydrogen (secondary N) is 1. The maximum atomic E-state index is 9.80. The lowest BCUT2D eigenvalue weighted by Gasteiger charge is -2.22. The number of rotatable bonds is 6. The highest BCUT2D eigenvalue weighted by Crippen LogP contribution is 2.18. The van der Waals surface area contributed by atoms with E-state index >= 15 is 0 Å². The van der Waals surface area contributed by atoms with E-state index in [2.05, 4.69) is 43.4 Å². The summed E-state index contributed by atoms with van der Waals surface area (Å²) in [5.74, 6) is 0.663. The van der Waals surface area contributed by atoms with E-state index in [9.17, 15) is 5.11 Å². The summed E-state index contributed by atoms with van der Waals surface area (Å²) < 4.78 is 0. The Morgan fingerprint density at radius 1 is 1.24 bits per heavy atom. The maximum absolute atomic E-state index is 9.80. The van der Waals surface area contributed by atoms with Gasteiger partial charge in [-0.3, -0.25) is 0 Å². The van der Waals surface area contributed by atoms with Crippen molar-refractivity contribution in [2.75, 3.05) is 13.6 Å². The van der Waals surface area contributed by atoms with Gasteiger partial charge >= 0.3 is 0 Å². The van der Waals surface area contributed by atoms with Gasteiger partial charge in [0.1, 0.15) is 0 Å². The number of hydrogen-bond acceptors (Lipinski definition) is 3. The van der Waals surface area contributed by atoms with E-state index in [1.54, 1.807) is 0 Å². The minimum absolute atomic E-state index is 0.0897. The Kier molecular flexibility index (Phi) is 5.62. The average Bonchev–Trinajstić information content (AvgIpc) is 2.31. The fourth-order valence-corrected chi connectivity index (χ4v) is 2.05. The summed E-state index contributed by atoms with van der Waals surface area (Å²) in [5.41, 5.74) is 7.91. The highest BCUT2D eigenvalue weighted by atomic mass is 16.3. The SMILES string of the molecule is CNC(c1ccc(CC(C)C)cc1)C(O)CN. The molecule has 0 spiro atoms.